The van der Waals surface area contributed by atoms with E-state index in [0.29, 0.717) is 42.8 Å². The highest BCUT2D eigenvalue weighted by Crippen LogP contribution is 2.26. The molecule has 10 heteroatoms. The maximum absolute atomic E-state index is 12.9. The van der Waals surface area contributed by atoms with E-state index in [1.54, 1.807) is 11.0 Å². The van der Waals surface area contributed by atoms with Gasteiger partial charge in [-0.15, -0.1) is 0 Å². The lowest BCUT2D eigenvalue weighted by Crippen LogP contribution is -2.55. The van der Waals surface area contributed by atoms with Crippen LogP contribution in [0.1, 0.15) is 18.4 Å². The SMILES string of the molecule is O=C1NC(=O)C(CCC(=O)N2CCN(c3cc(Cl)cc(Cl)c3)CC2)(CNCc2ccccc2)N1. The monoisotopic (exact) mass is 503 g/mol. The number of nitrogens with zero attached hydrogens (tertiary/aromatic N) is 2. The summed E-state index contributed by atoms with van der Waals surface area (Å²) in [7, 11) is 0. The Kier molecular flexibility index (Phi) is 7.60. The van der Waals surface area contributed by atoms with Crippen LogP contribution in [0.15, 0.2) is 48.5 Å². The summed E-state index contributed by atoms with van der Waals surface area (Å²) in [4.78, 5) is 41.3. The average molecular weight is 504 g/mol. The molecule has 1 atom stereocenters. The quantitative estimate of drug-likeness (QED) is 0.481. The molecular weight excluding hydrogens is 477 g/mol. The number of urea groups is 1. The first-order chi connectivity index (χ1) is 16.3. The molecule has 0 spiro atoms. The van der Waals surface area contributed by atoms with Crippen molar-refractivity contribution in [1.29, 1.82) is 0 Å². The first-order valence-corrected chi connectivity index (χ1v) is 12.0. The van der Waals surface area contributed by atoms with Crippen LogP contribution in [-0.2, 0) is 16.1 Å². The molecule has 8 nitrogen and oxygen atoms in total. The summed E-state index contributed by atoms with van der Waals surface area (Å²) >= 11 is 12.2. The van der Waals surface area contributed by atoms with Crippen LogP contribution in [0.25, 0.3) is 0 Å². The fourth-order valence-electron chi connectivity index (χ4n) is 4.35. The van der Waals surface area contributed by atoms with Crippen LogP contribution in [0, 0.1) is 0 Å². The molecule has 2 saturated heterocycles. The van der Waals surface area contributed by atoms with E-state index in [0.717, 1.165) is 11.3 Å². The van der Waals surface area contributed by atoms with E-state index in [1.807, 2.05) is 42.5 Å². The van der Waals surface area contributed by atoms with Gasteiger partial charge in [0.1, 0.15) is 5.54 Å². The molecule has 2 aromatic rings. The molecule has 0 bridgehead atoms. The maximum atomic E-state index is 12.9. The summed E-state index contributed by atoms with van der Waals surface area (Å²) < 4.78 is 0. The van der Waals surface area contributed by atoms with E-state index in [1.165, 1.54) is 0 Å². The number of imide groups is 1. The van der Waals surface area contributed by atoms with Gasteiger partial charge < -0.3 is 20.4 Å². The Morgan fingerprint density at radius 3 is 2.29 bits per heavy atom. The molecule has 0 radical (unpaired) electrons. The largest absolute Gasteiger partial charge is 0.368 e. The highest BCUT2D eigenvalue weighted by atomic mass is 35.5. The number of nitrogens with one attached hydrogen (secondary N) is 3. The molecule has 34 heavy (non-hydrogen) atoms. The Bertz CT molecular complexity index is 1040. The van der Waals surface area contributed by atoms with E-state index >= 15 is 0 Å². The minimum absolute atomic E-state index is 0.0415. The third-order valence-electron chi connectivity index (χ3n) is 6.22. The highest BCUT2D eigenvalue weighted by Gasteiger charge is 2.46. The number of benzene rings is 2. The minimum atomic E-state index is -1.15. The van der Waals surface area contributed by atoms with Crippen LogP contribution in [-0.4, -0.2) is 61.0 Å². The van der Waals surface area contributed by atoms with E-state index < -0.39 is 17.5 Å². The second-order valence-electron chi connectivity index (χ2n) is 8.57. The Morgan fingerprint density at radius 2 is 1.68 bits per heavy atom. The van der Waals surface area contributed by atoms with Crippen LogP contribution < -0.4 is 20.9 Å². The average Bonchev–Trinajstić information content (AvgIpc) is 3.10. The summed E-state index contributed by atoms with van der Waals surface area (Å²) in [6, 6.07) is 14.7. The van der Waals surface area contributed by atoms with Crippen molar-refractivity contribution in [2.45, 2.75) is 24.9 Å². The van der Waals surface area contributed by atoms with Gasteiger partial charge in [-0.2, -0.15) is 0 Å². The van der Waals surface area contributed by atoms with Crippen molar-refractivity contribution < 1.29 is 14.4 Å². The van der Waals surface area contributed by atoms with Gasteiger partial charge in [0, 0.05) is 61.4 Å². The lowest BCUT2D eigenvalue weighted by Gasteiger charge is -2.37. The van der Waals surface area contributed by atoms with Gasteiger partial charge in [-0.3, -0.25) is 14.9 Å². The van der Waals surface area contributed by atoms with Crippen molar-refractivity contribution in [3.05, 3.63) is 64.1 Å². The van der Waals surface area contributed by atoms with Gasteiger partial charge >= 0.3 is 6.03 Å². The Morgan fingerprint density at radius 1 is 1.00 bits per heavy atom. The standard InChI is InChI=1S/C24H27Cl2N5O3/c25-18-12-19(26)14-20(13-18)30-8-10-31(11-9-30)21(32)6-7-24(22(33)28-23(34)29-24)16-27-15-17-4-2-1-3-5-17/h1-5,12-14,27H,6-11,15-16H2,(H2,28,29,33,34). The molecule has 1 unspecified atom stereocenters. The van der Waals surface area contributed by atoms with Crippen molar-refractivity contribution in [3.8, 4) is 0 Å². The molecule has 2 heterocycles. The third kappa shape index (κ3) is 5.81. The summed E-state index contributed by atoms with van der Waals surface area (Å²) in [6.45, 7) is 3.21. The Balaban J connectivity index is 1.31. The van der Waals surface area contributed by atoms with Gasteiger partial charge in [-0.05, 0) is 30.2 Å². The van der Waals surface area contributed by atoms with Crippen molar-refractivity contribution in [1.82, 2.24) is 20.9 Å². The fraction of sp³-hybridized carbons (Fsp3) is 0.375. The van der Waals surface area contributed by atoms with Gasteiger partial charge in [-0.1, -0.05) is 53.5 Å². The van der Waals surface area contributed by atoms with Crippen LogP contribution in [0.3, 0.4) is 0 Å². The summed E-state index contributed by atoms with van der Waals surface area (Å²) in [5.41, 5.74) is 0.844. The zero-order valence-corrected chi connectivity index (χ0v) is 20.2. The van der Waals surface area contributed by atoms with Crippen LogP contribution in [0.4, 0.5) is 10.5 Å². The number of hydrogen-bond donors (Lipinski definition) is 3. The number of rotatable bonds is 8. The van der Waals surface area contributed by atoms with Crippen LogP contribution in [0.5, 0.6) is 0 Å². The van der Waals surface area contributed by atoms with Crippen LogP contribution in [0.2, 0.25) is 10.0 Å². The van der Waals surface area contributed by atoms with Gasteiger partial charge in [-0.25, -0.2) is 4.79 Å². The number of carbonyl (C=O) groups is 3. The Labute approximate surface area is 208 Å². The molecule has 2 aliphatic heterocycles. The first-order valence-electron chi connectivity index (χ1n) is 11.2. The van der Waals surface area contributed by atoms with Gasteiger partial charge in [0.25, 0.3) is 5.91 Å². The second kappa shape index (κ2) is 10.6. The molecule has 2 aliphatic rings. The lowest BCUT2D eigenvalue weighted by molar-refractivity contribution is -0.132. The number of amides is 4. The van der Waals surface area contributed by atoms with Crippen molar-refractivity contribution >= 4 is 46.7 Å². The molecule has 2 fully saturated rings. The predicted molar refractivity (Wildman–Crippen MR) is 132 cm³/mol. The zero-order valence-electron chi connectivity index (χ0n) is 18.7. The number of anilines is 1. The van der Waals surface area contributed by atoms with Crippen LogP contribution >= 0.6 is 23.2 Å². The van der Waals surface area contributed by atoms with Crippen molar-refractivity contribution in [3.63, 3.8) is 0 Å². The zero-order chi connectivity index (χ0) is 24.1. The predicted octanol–water partition coefficient (Wildman–Crippen LogP) is 2.79. The maximum Gasteiger partial charge on any atom is 0.322 e. The van der Waals surface area contributed by atoms with Gasteiger partial charge in [0.2, 0.25) is 5.91 Å². The van der Waals surface area contributed by atoms with E-state index in [-0.39, 0.29) is 25.3 Å². The molecule has 0 aliphatic carbocycles. The van der Waals surface area contributed by atoms with E-state index in [2.05, 4.69) is 20.9 Å². The normalized spacial score (nSPS) is 20.3. The number of hydrogen-bond acceptors (Lipinski definition) is 5. The molecule has 0 saturated carbocycles. The molecule has 180 valence electrons. The van der Waals surface area contributed by atoms with Gasteiger partial charge in [0.05, 0.1) is 0 Å². The van der Waals surface area contributed by atoms with Crippen molar-refractivity contribution in [2.75, 3.05) is 37.6 Å². The molecule has 2 aromatic carbocycles. The summed E-state index contributed by atoms with van der Waals surface area (Å²) in [6.07, 6.45) is 0.374. The van der Waals surface area contributed by atoms with E-state index in [4.69, 9.17) is 23.2 Å². The summed E-state index contributed by atoms with van der Waals surface area (Å²) in [5, 5.41) is 9.43. The molecule has 4 rings (SSSR count). The van der Waals surface area contributed by atoms with E-state index in [9.17, 15) is 14.4 Å². The Hall–Kier alpha value is -2.81. The van der Waals surface area contributed by atoms with Gasteiger partial charge in [0.15, 0.2) is 0 Å². The first kappa shape index (κ1) is 24.3. The number of carbonyl (C=O) groups excluding carboxylic acids is 3. The number of piperazine rings is 1. The highest BCUT2D eigenvalue weighted by molar-refractivity contribution is 6.35. The molecule has 4 amide bonds. The molecule has 0 aromatic heterocycles. The minimum Gasteiger partial charge on any atom is -0.368 e. The smallest absolute Gasteiger partial charge is 0.322 e. The lowest BCUT2D eigenvalue weighted by atomic mass is 9.92. The number of halogens is 2. The topological polar surface area (TPSA) is 93.8 Å². The second-order valence-corrected chi connectivity index (χ2v) is 9.45. The summed E-state index contributed by atoms with van der Waals surface area (Å²) in [5.74, 6) is -0.450. The fourth-order valence-corrected chi connectivity index (χ4v) is 4.86. The molecule has 3 N–H and O–H groups in total. The third-order valence-corrected chi connectivity index (χ3v) is 6.66. The van der Waals surface area contributed by atoms with Crippen molar-refractivity contribution in [2.24, 2.45) is 0 Å². The molecular formula is C24H27Cl2N5O3.